The van der Waals surface area contributed by atoms with E-state index in [-0.39, 0.29) is 18.8 Å². The number of carbonyl (C=O) groups is 1. The number of aromatic nitrogens is 2. The third-order valence-electron chi connectivity index (χ3n) is 3.96. The van der Waals surface area contributed by atoms with E-state index in [0.29, 0.717) is 5.75 Å². The zero-order valence-corrected chi connectivity index (χ0v) is 15.0. The van der Waals surface area contributed by atoms with Crippen molar-refractivity contribution in [3.8, 4) is 11.4 Å². The van der Waals surface area contributed by atoms with E-state index in [9.17, 15) is 18.0 Å². The van der Waals surface area contributed by atoms with Gasteiger partial charge in [0.25, 0.3) is 5.91 Å². The van der Waals surface area contributed by atoms with Crippen molar-refractivity contribution < 1.29 is 22.7 Å². The highest BCUT2D eigenvalue weighted by atomic mass is 19.4. The van der Waals surface area contributed by atoms with E-state index in [1.54, 1.807) is 30.3 Å². The summed E-state index contributed by atoms with van der Waals surface area (Å²) in [6, 6.07) is 15.2. The second-order valence-corrected chi connectivity index (χ2v) is 6.07. The van der Waals surface area contributed by atoms with Crippen LogP contribution in [0.2, 0.25) is 0 Å². The molecule has 0 unspecified atom stereocenters. The van der Waals surface area contributed by atoms with Crippen LogP contribution in [0.25, 0.3) is 5.69 Å². The van der Waals surface area contributed by atoms with Gasteiger partial charge in [-0.15, -0.1) is 0 Å². The second kappa shape index (κ2) is 8.16. The molecule has 2 aromatic carbocycles. The minimum absolute atomic E-state index is 0.0561. The number of halogens is 3. The smallest absolute Gasteiger partial charge is 0.434 e. The number of benzene rings is 2. The Morgan fingerprint density at radius 2 is 1.79 bits per heavy atom. The Labute approximate surface area is 159 Å². The van der Waals surface area contributed by atoms with Gasteiger partial charge in [-0.25, -0.2) is 4.68 Å². The molecule has 0 saturated heterocycles. The van der Waals surface area contributed by atoms with Gasteiger partial charge in [0.1, 0.15) is 12.4 Å². The van der Waals surface area contributed by atoms with Gasteiger partial charge in [-0.2, -0.15) is 18.3 Å². The summed E-state index contributed by atoms with van der Waals surface area (Å²) >= 11 is 0. The maximum atomic E-state index is 13.6. The summed E-state index contributed by atoms with van der Waals surface area (Å²) in [4.78, 5) is 12.3. The molecular formula is C20H18F3N3O2. The van der Waals surface area contributed by atoms with Gasteiger partial charge < -0.3 is 10.1 Å². The van der Waals surface area contributed by atoms with Crippen LogP contribution < -0.4 is 10.1 Å². The Morgan fingerprint density at radius 3 is 2.43 bits per heavy atom. The first kappa shape index (κ1) is 19.5. The maximum Gasteiger partial charge on any atom is 0.434 e. The fourth-order valence-corrected chi connectivity index (χ4v) is 2.62. The van der Waals surface area contributed by atoms with E-state index in [2.05, 4.69) is 10.4 Å². The molecule has 0 atom stereocenters. The Kier molecular flexibility index (Phi) is 5.67. The molecule has 8 heteroatoms. The molecule has 5 nitrogen and oxygen atoms in total. The molecule has 0 aliphatic carbocycles. The van der Waals surface area contributed by atoms with Gasteiger partial charge in [0, 0.05) is 0 Å². The second-order valence-electron chi connectivity index (χ2n) is 6.07. The molecule has 0 saturated carbocycles. The Hall–Kier alpha value is -3.29. The van der Waals surface area contributed by atoms with Gasteiger partial charge >= 0.3 is 6.18 Å². The number of nitrogens with zero attached hydrogens (tertiary/aromatic N) is 2. The van der Waals surface area contributed by atoms with Gasteiger partial charge in [-0.1, -0.05) is 35.9 Å². The van der Waals surface area contributed by atoms with E-state index in [0.717, 1.165) is 16.4 Å². The fourth-order valence-electron chi connectivity index (χ4n) is 2.62. The van der Waals surface area contributed by atoms with Gasteiger partial charge in [-0.3, -0.25) is 4.79 Å². The maximum absolute atomic E-state index is 13.6. The Morgan fingerprint density at radius 1 is 1.11 bits per heavy atom. The molecule has 1 amide bonds. The van der Waals surface area contributed by atoms with Crippen LogP contribution in [0.1, 0.15) is 21.6 Å². The third-order valence-corrected chi connectivity index (χ3v) is 3.96. The normalized spacial score (nSPS) is 11.3. The van der Waals surface area contributed by atoms with Crippen molar-refractivity contribution in [3.63, 3.8) is 0 Å². The first-order valence-corrected chi connectivity index (χ1v) is 8.54. The molecule has 146 valence electrons. The molecule has 0 aliphatic heterocycles. The van der Waals surface area contributed by atoms with Crippen LogP contribution >= 0.6 is 0 Å². The zero-order chi connectivity index (χ0) is 20.1. The predicted octanol–water partition coefficient (Wildman–Crippen LogP) is 4.01. The van der Waals surface area contributed by atoms with Crippen LogP contribution in [0, 0.1) is 6.92 Å². The number of hydrogen-bond acceptors (Lipinski definition) is 3. The Bertz CT molecular complexity index is 936. The molecule has 1 heterocycles. The topological polar surface area (TPSA) is 56.1 Å². The molecule has 0 fully saturated rings. The lowest BCUT2D eigenvalue weighted by molar-refractivity contribution is -0.143. The standard InChI is InChI=1S/C20H18F3N3O2/c1-14-7-9-16(10-8-14)28-12-11-24-19(27)17-13-25-26(18(17)20(21,22)23)15-5-3-2-4-6-15/h2-10,13H,11-12H2,1H3,(H,24,27). The number of nitrogens with one attached hydrogen (secondary N) is 1. The van der Waals surface area contributed by atoms with Crippen molar-refractivity contribution in [2.75, 3.05) is 13.2 Å². The molecule has 0 bridgehead atoms. The monoisotopic (exact) mass is 389 g/mol. The average molecular weight is 389 g/mol. The Balaban J connectivity index is 1.69. The molecule has 1 N–H and O–H groups in total. The lowest BCUT2D eigenvalue weighted by Crippen LogP contribution is -2.30. The number of aryl methyl sites for hydroxylation is 1. The van der Waals surface area contributed by atoms with E-state index >= 15 is 0 Å². The molecule has 0 aliphatic rings. The third kappa shape index (κ3) is 4.51. The summed E-state index contributed by atoms with van der Waals surface area (Å²) in [5.74, 6) is -0.241. The van der Waals surface area contributed by atoms with Crippen LogP contribution in [0.15, 0.2) is 60.8 Å². The lowest BCUT2D eigenvalue weighted by atomic mass is 10.2. The van der Waals surface area contributed by atoms with Crippen LogP contribution in [-0.4, -0.2) is 28.8 Å². The van der Waals surface area contributed by atoms with Crippen LogP contribution in [-0.2, 0) is 6.18 Å². The van der Waals surface area contributed by atoms with Crippen molar-refractivity contribution in [1.29, 1.82) is 0 Å². The van der Waals surface area contributed by atoms with E-state index in [1.165, 1.54) is 12.1 Å². The summed E-state index contributed by atoms with van der Waals surface area (Å²) < 4.78 is 46.9. The van der Waals surface area contributed by atoms with Crippen molar-refractivity contribution in [2.24, 2.45) is 0 Å². The summed E-state index contributed by atoms with van der Waals surface area (Å²) in [6.07, 6.45) is -3.82. The fraction of sp³-hybridized carbons (Fsp3) is 0.200. The quantitative estimate of drug-likeness (QED) is 0.648. The van der Waals surface area contributed by atoms with Gasteiger partial charge in [0.15, 0.2) is 5.69 Å². The number of alkyl halides is 3. The van der Waals surface area contributed by atoms with Crippen LogP contribution in [0.4, 0.5) is 13.2 Å². The highest BCUT2D eigenvalue weighted by Crippen LogP contribution is 2.33. The van der Waals surface area contributed by atoms with Crippen molar-refractivity contribution >= 4 is 5.91 Å². The summed E-state index contributed by atoms with van der Waals surface area (Å²) in [5.41, 5.74) is -0.352. The number of hydrogen-bond donors (Lipinski definition) is 1. The number of ether oxygens (including phenoxy) is 1. The first-order chi connectivity index (χ1) is 13.4. The predicted molar refractivity (Wildman–Crippen MR) is 97.6 cm³/mol. The van der Waals surface area contributed by atoms with E-state index in [4.69, 9.17) is 4.74 Å². The molecular weight excluding hydrogens is 371 g/mol. The lowest BCUT2D eigenvalue weighted by Gasteiger charge is -2.13. The van der Waals surface area contributed by atoms with Crippen LogP contribution in [0.3, 0.4) is 0 Å². The molecule has 28 heavy (non-hydrogen) atoms. The molecule has 3 rings (SSSR count). The summed E-state index contributed by atoms with van der Waals surface area (Å²) in [7, 11) is 0. The van der Waals surface area contributed by atoms with Gasteiger partial charge in [0.2, 0.25) is 0 Å². The van der Waals surface area contributed by atoms with Crippen molar-refractivity contribution in [2.45, 2.75) is 13.1 Å². The van der Waals surface area contributed by atoms with Crippen molar-refractivity contribution in [3.05, 3.63) is 77.6 Å². The number of amides is 1. The van der Waals surface area contributed by atoms with E-state index in [1.807, 2.05) is 19.1 Å². The number of rotatable bonds is 6. The average Bonchev–Trinajstić information content (AvgIpc) is 3.13. The molecule has 0 spiro atoms. The van der Waals surface area contributed by atoms with Crippen LogP contribution in [0.5, 0.6) is 5.75 Å². The van der Waals surface area contributed by atoms with Crippen molar-refractivity contribution in [1.82, 2.24) is 15.1 Å². The highest BCUT2D eigenvalue weighted by molar-refractivity contribution is 5.95. The largest absolute Gasteiger partial charge is 0.492 e. The highest BCUT2D eigenvalue weighted by Gasteiger charge is 2.40. The molecule has 1 aromatic heterocycles. The summed E-state index contributed by atoms with van der Waals surface area (Å²) in [6.45, 7) is 2.13. The zero-order valence-electron chi connectivity index (χ0n) is 15.0. The van der Waals surface area contributed by atoms with Gasteiger partial charge in [0.05, 0.1) is 24.0 Å². The minimum atomic E-state index is -4.74. The van der Waals surface area contributed by atoms with Gasteiger partial charge in [-0.05, 0) is 31.2 Å². The summed E-state index contributed by atoms with van der Waals surface area (Å²) in [5, 5.41) is 6.20. The first-order valence-electron chi connectivity index (χ1n) is 8.54. The van der Waals surface area contributed by atoms with E-state index < -0.39 is 23.3 Å². The number of carbonyl (C=O) groups excluding carboxylic acids is 1. The SMILES string of the molecule is Cc1ccc(OCCNC(=O)c2cnn(-c3ccccc3)c2C(F)(F)F)cc1. The molecule has 3 aromatic rings. The molecule has 0 radical (unpaired) electrons. The number of para-hydroxylation sites is 1. The minimum Gasteiger partial charge on any atom is -0.492 e.